The first kappa shape index (κ1) is 15.4. The van der Waals surface area contributed by atoms with Crippen LogP contribution >= 0.6 is 15.9 Å². The Balaban J connectivity index is 2.89. The van der Waals surface area contributed by atoms with Crippen LogP contribution in [0.3, 0.4) is 0 Å². The van der Waals surface area contributed by atoms with Crippen molar-refractivity contribution in [3.05, 3.63) is 0 Å². The first-order valence-electron chi connectivity index (χ1n) is 6.00. The van der Waals surface area contributed by atoms with Gasteiger partial charge in [0.1, 0.15) is 6.10 Å². The van der Waals surface area contributed by atoms with Crippen LogP contribution in [0.15, 0.2) is 0 Å². The second-order valence-corrected chi connectivity index (χ2v) is 5.34. The number of esters is 2. The predicted molar refractivity (Wildman–Crippen MR) is 68.2 cm³/mol. The van der Waals surface area contributed by atoms with Crippen LogP contribution in [0, 0.1) is 5.92 Å². The van der Waals surface area contributed by atoms with Crippen molar-refractivity contribution in [3.63, 3.8) is 0 Å². The molecule has 1 unspecified atom stereocenters. The van der Waals surface area contributed by atoms with Gasteiger partial charge in [0.25, 0.3) is 0 Å². The van der Waals surface area contributed by atoms with E-state index in [1.54, 1.807) is 0 Å². The molecule has 1 heterocycles. The van der Waals surface area contributed by atoms with E-state index in [-0.39, 0.29) is 18.0 Å². The van der Waals surface area contributed by atoms with Gasteiger partial charge in [-0.1, -0.05) is 29.8 Å². The predicted octanol–water partition coefficient (Wildman–Crippen LogP) is 2.02. The molecule has 0 N–H and O–H groups in total. The lowest BCUT2D eigenvalue weighted by atomic mass is 9.90. The Bertz CT molecular complexity index is 320. The Morgan fingerprint density at radius 3 is 2.11 bits per heavy atom. The molecule has 1 aliphatic rings. The summed E-state index contributed by atoms with van der Waals surface area (Å²) in [6, 6.07) is 0. The van der Waals surface area contributed by atoms with E-state index < -0.39 is 23.2 Å². The summed E-state index contributed by atoms with van der Waals surface area (Å²) in [5, 5.41) is -0.466. The third-order valence-electron chi connectivity index (χ3n) is 3.00. The van der Waals surface area contributed by atoms with Gasteiger partial charge in [-0.25, -0.2) is 0 Å². The van der Waals surface area contributed by atoms with E-state index >= 15 is 0 Å². The van der Waals surface area contributed by atoms with Crippen LogP contribution in [-0.2, 0) is 23.8 Å². The molecule has 0 aromatic rings. The lowest BCUT2D eigenvalue weighted by Crippen LogP contribution is -2.54. The molecule has 0 bridgehead atoms. The minimum atomic E-state index is -0.621. The summed E-state index contributed by atoms with van der Waals surface area (Å²) < 4.78 is 16.2. The van der Waals surface area contributed by atoms with Gasteiger partial charge in [-0.2, -0.15) is 0 Å². The SMILES string of the molecule is CC[C@@H]1OC(Br)[C@@H](OC(C)=O)[C@H](OC(C)=O)[C@H]1C. The molecule has 1 saturated heterocycles. The summed E-state index contributed by atoms with van der Waals surface area (Å²) in [6.07, 6.45) is -0.349. The smallest absolute Gasteiger partial charge is 0.303 e. The minimum Gasteiger partial charge on any atom is -0.458 e. The van der Waals surface area contributed by atoms with Crippen LogP contribution in [0.25, 0.3) is 0 Å². The van der Waals surface area contributed by atoms with Crippen LogP contribution in [0.1, 0.15) is 34.1 Å². The molecule has 18 heavy (non-hydrogen) atoms. The molecular weight excluding hydrogens is 304 g/mol. The highest BCUT2D eigenvalue weighted by atomic mass is 79.9. The van der Waals surface area contributed by atoms with E-state index in [4.69, 9.17) is 14.2 Å². The molecule has 0 aliphatic carbocycles. The molecule has 6 heteroatoms. The van der Waals surface area contributed by atoms with E-state index in [1.165, 1.54) is 13.8 Å². The Morgan fingerprint density at radius 2 is 1.67 bits per heavy atom. The fourth-order valence-corrected chi connectivity index (χ4v) is 2.86. The summed E-state index contributed by atoms with van der Waals surface area (Å²) in [4.78, 5) is 22.3. The zero-order valence-corrected chi connectivity index (χ0v) is 12.6. The third-order valence-corrected chi connectivity index (χ3v) is 3.73. The third kappa shape index (κ3) is 3.68. The summed E-state index contributed by atoms with van der Waals surface area (Å²) >= 11 is 3.33. The summed E-state index contributed by atoms with van der Waals surface area (Å²) in [5.74, 6) is -0.843. The number of carbonyl (C=O) groups excluding carboxylic acids is 2. The van der Waals surface area contributed by atoms with Gasteiger partial charge in [-0.05, 0) is 6.42 Å². The van der Waals surface area contributed by atoms with Gasteiger partial charge in [0.15, 0.2) is 11.1 Å². The van der Waals surface area contributed by atoms with Gasteiger partial charge in [-0.15, -0.1) is 0 Å². The standard InChI is InChI=1S/C12H19BrO5/c1-5-9-6(2)10(16-7(3)14)11(12(13)18-9)17-8(4)15/h6,9-12H,5H2,1-4H3/t6-,9-,10+,11-,12?/m0/s1. The topological polar surface area (TPSA) is 61.8 Å². The van der Waals surface area contributed by atoms with E-state index in [2.05, 4.69) is 15.9 Å². The molecule has 1 aliphatic heterocycles. The highest BCUT2D eigenvalue weighted by Crippen LogP contribution is 2.34. The van der Waals surface area contributed by atoms with Crippen LogP contribution in [0.2, 0.25) is 0 Å². The number of halogens is 1. The van der Waals surface area contributed by atoms with Crippen molar-refractivity contribution in [1.29, 1.82) is 0 Å². The lowest BCUT2D eigenvalue weighted by Gasteiger charge is -2.42. The zero-order chi connectivity index (χ0) is 13.9. The Morgan fingerprint density at radius 1 is 1.17 bits per heavy atom. The average Bonchev–Trinajstić information content (AvgIpc) is 2.27. The second kappa shape index (κ2) is 6.52. The fraction of sp³-hybridized carbons (Fsp3) is 0.833. The maximum atomic E-state index is 11.2. The number of hydrogen-bond donors (Lipinski definition) is 0. The van der Waals surface area contributed by atoms with Crippen molar-refractivity contribution < 1.29 is 23.8 Å². The van der Waals surface area contributed by atoms with Crippen LogP contribution < -0.4 is 0 Å². The van der Waals surface area contributed by atoms with Crippen LogP contribution in [-0.4, -0.2) is 35.3 Å². The fourth-order valence-electron chi connectivity index (χ4n) is 2.17. The van der Waals surface area contributed by atoms with Gasteiger partial charge in [0.2, 0.25) is 0 Å². The van der Waals surface area contributed by atoms with Gasteiger partial charge in [0.05, 0.1) is 6.10 Å². The molecule has 0 aromatic heterocycles. The van der Waals surface area contributed by atoms with E-state index in [0.29, 0.717) is 0 Å². The average molecular weight is 323 g/mol. The molecule has 0 saturated carbocycles. The van der Waals surface area contributed by atoms with Gasteiger partial charge in [-0.3, -0.25) is 9.59 Å². The summed E-state index contributed by atoms with van der Waals surface area (Å²) in [6.45, 7) is 6.59. The molecule has 1 rings (SSSR count). The summed E-state index contributed by atoms with van der Waals surface area (Å²) in [7, 11) is 0. The Labute approximate surface area is 115 Å². The molecule has 5 atom stereocenters. The largest absolute Gasteiger partial charge is 0.458 e. The Kier molecular flexibility index (Phi) is 5.59. The molecule has 5 nitrogen and oxygen atoms in total. The van der Waals surface area contributed by atoms with Crippen LogP contribution in [0.5, 0.6) is 0 Å². The molecular formula is C12H19BrO5. The number of ether oxygens (including phenoxy) is 3. The zero-order valence-electron chi connectivity index (χ0n) is 11.0. The lowest BCUT2D eigenvalue weighted by molar-refractivity contribution is -0.206. The molecule has 104 valence electrons. The summed E-state index contributed by atoms with van der Waals surface area (Å²) in [5.41, 5.74) is 0. The molecule has 0 spiro atoms. The monoisotopic (exact) mass is 322 g/mol. The number of hydrogen-bond acceptors (Lipinski definition) is 5. The maximum absolute atomic E-state index is 11.2. The van der Waals surface area contributed by atoms with Crippen molar-refractivity contribution in [2.75, 3.05) is 0 Å². The van der Waals surface area contributed by atoms with Crippen molar-refractivity contribution in [1.82, 2.24) is 0 Å². The van der Waals surface area contributed by atoms with Gasteiger partial charge in [0, 0.05) is 19.8 Å². The van der Waals surface area contributed by atoms with E-state index in [0.717, 1.165) is 6.42 Å². The number of carbonyl (C=O) groups is 2. The minimum absolute atomic E-state index is 0.0305. The van der Waals surface area contributed by atoms with Crippen molar-refractivity contribution in [3.8, 4) is 0 Å². The molecule has 0 amide bonds. The second-order valence-electron chi connectivity index (χ2n) is 4.44. The van der Waals surface area contributed by atoms with Crippen LogP contribution in [0.4, 0.5) is 0 Å². The van der Waals surface area contributed by atoms with Crippen molar-refractivity contribution in [2.45, 2.75) is 57.4 Å². The highest BCUT2D eigenvalue weighted by Gasteiger charge is 2.46. The number of rotatable bonds is 3. The van der Waals surface area contributed by atoms with Crippen molar-refractivity contribution >= 4 is 27.9 Å². The molecule has 0 aromatic carbocycles. The highest BCUT2D eigenvalue weighted by molar-refractivity contribution is 9.09. The number of alkyl halides is 1. The normalized spacial score (nSPS) is 35.9. The maximum Gasteiger partial charge on any atom is 0.303 e. The van der Waals surface area contributed by atoms with Crippen molar-refractivity contribution in [2.24, 2.45) is 5.92 Å². The molecule has 0 radical (unpaired) electrons. The van der Waals surface area contributed by atoms with E-state index in [9.17, 15) is 9.59 Å². The Hall–Kier alpha value is -0.620. The van der Waals surface area contributed by atoms with Gasteiger partial charge < -0.3 is 14.2 Å². The first-order valence-corrected chi connectivity index (χ1v) is 6.92. The van der Waals surface area contributed by atoms with E-state index in [1.807, 2.05) is 13.8 Å². The quantitative estimate of drug-likeness (QED) is 0.587. The molecule has 1 fully saturated rings. The van der Waals surface area contributed by atoms with Gasteiger partial charge >= 0.3 is 11.9 Å². The first-order chi connectivity index (χ1) is 8.36.